The Labute approximate surface area is 117 Å². The summed E-state index contributed by atoms with van der Waals surface area (Å²) < 4.78 is 35.5. The number of aliphatic hydroxyl groups is 1. The van der Waals surface area contributed by atoms with Crippen molar-refractivity contribution in [1.82, 2.24) is 4.72 Å². The van der Waals surface area contributed by atoms with Crippen LogP contribution in [-0.2, 0) is 19.6 Å². The number of carbonyl (C=O) groups excluding carboxylic acids is 1. The van der Waals surface area contributed by atoms with Crippen LogP contribution >= 0.6 is 0 Å². The van der Waals surface area contributed by atoms with Gasteiger partial charge in [-0.15, -0.1) is 0 Å². The lowest BCUT2D eigenvalue weighted by Gasteiger charge is -2.08. The van der Waals surface area contributed by atoms with E-state index in [2.05, 4.69) is 4.72 Å². The lowest BCUT2D eigenvalue weighted by atomic mass is 10.3. The minimum atomic E-state index is -3.64. The van der Waals surface area contributed by atoms with Crippen molar-refractivity contribution in [2.24, 2.45) is 0 Å². The van der Waals surface area contributed by atoms with E-state index in [1.807, 2.05) is 0 Å². The van der Waals surface area contributed by atoms with Gasteiger partial charge in [0.25, 0.3) is 0 Å². The molecule has 0 unspecified atom stereocenters. The second-order valence-electron chi connectivity index (χ2n) is 3.69. The topological polar surface area (TPSA) is 102 Å². The molecule has 0 radical (unpaired) electrons. The summed E-state index contributed by atoms with van der Waals surface area (Å²) in [7, 11) is -3.64. The smallest absolute Gasteiger partial charge is 0.344 e. The van der Waals surface area contributed by atoms with Crippen LogP contribution in [0.15, 0.2) is 29.2 Å². The minimum absolute atomic E-state index is 0.0504. The zero-order chi connectivity index (χ0) is 15.0. The number of esters is 1. The van der Waals surface area contributed by atoms with Gasteiger partial charge in [0.1, 0.15) is 5.75 Å². The Morgan fingerprint density at radius 1 is 1.30 bits per heavy atom. The number of ether oxygens (including phenoxy) is 2. The molecule has 0 atom stereocenters. The summed E-state index contributed by atoms with van der Waals surface area (Å²) in [5.74, 6) is -0.132. The lowest BCUT2D eigenvalue weighted by Crippen LogP contribution is -2.26. The maximum absolute atomic E-state index is 11.7. The van der Waals surface area contributed by atoms with Gasteiger partial charge in [0.05, 0.1) is 18.1 Å². The van der Waals surface area contributed by atoms with E-state index >= 15 is 0 Å². The molecule has 0 saturated carbocycles. The Hall–Kier alpha value is -1.64. The van der Waals surface area contributed by atoms with E-state index in [1.165, 1.54) is 24.3 Å². The number of carbonyl (C=O) groups is 1. The van der Waals surface area contributed by atoms with Crippen molar-refractivity contribution < 1.29 is 27.8 Å². The van der Waals surface area contributed by atoms with E-state index in [0.29, 0.717) is 5.75 Å². The Bertz CT molecular complexity index is 525. The first-order chi connectivity index (χ1) is 9.49. The first kappa shape index (κ1) is 16.4. The van der Waals surface area contributed by atoms with Gasteiger partial charge in [-0.05, 0) is 31.2 Å². The molecule has 1 aromatic rings. The number of hydrogen-bond donors (Lipinski definition) is 2. The Balaban J connectivity index is 2.62. The molecular weight excluding hydrogens is 286 g/mol. The highest BCUT2D eigenvalue weighted by Gasteiger charge is 2.13. The van der Waals surface area contributed by atoms with E-state index in [0.717, 1.165) is 0 Å². The SMILES string of the molecule is CCOC(=O)COc1ccc(S(=O)(=O)NCCO)cc1. The first-order valence-corrected chi connectivity index (χ1v) is 7.47. The van der Waals surface area contributed by atoms with Crippen LogP contribution in [0.5, 0.6) is 5.75 Å². The highest BCUT2D eigenvalue weighted by atomic mass is 32.2. The molecule has 0 aliphatic heterocycles. The summed E-state index contributed by atoms with van der Waals surface area (Å²) in [5, 5.41) is 8.60. The maximum atomic E-state index is 11.7. The fourth-order valence-electron chi connectivity index (χ4n) is 1.32. The van der Waals surface area contributed by atoms with Gasteiger partial charge in [-0.1, -0.05) is 0 Å². The molecular formula is C12H17NO6S. The molecule has 2 N–H and O–H groups in total. The van der Waals surface area contributed by atoms with Crippen LogP contribution in [0, 0.1) is 0 Å². The average molecular weight is 303 g/mol. The second kappa shape index (κ2) is 7.83. The van der Waals surface area contributed by atoms with Crippen LogP contribution in [0.2, 0.25) is 0 Å². The molecule has 0 bridgehead atoms. The third-order valence-corrected chi connectivity index (χ3v) is 3.68. The van der Waals surface area contributed by atoms with Crippen molar-refractivity contribution >= 4 is 16.0 Å². The summed E-state index contributed by atoms with van der Waals surface area (Å²) in [6, 6.07) is 5.57. The van der Waals surface area contributed by atoms with Gasteiger partial charge in [-0.3, -0.25) is 0 Å². The standard InChI is InChI=1S/C12H17NO6S/c1-2-18-12(15)9-19-10-3-5-11(6-4-10)20(16,17)13-7-8-14/h3-6,13-14H,2,7-9H2,1H3. The molecule has 0 amide bonds. The molecule has 0 heterocycles. The summed E-state index contributed by atoms with van der Waals surface area (Å²) in [5.41, 5.74) is 0. The first-order valence-electron chi connectivity index (χ1n) is 5.98. The molecule has 0 aliphatic carbocycles. The molecule has 1 rings (SSSR count). The van der Waals surface area contributed by atoms with Crippen molar-refractivity contribution in [1.29, 1.82) is 0 Å². The predicted octanol–water partition coefficient (Wildman–Crippen LogP) is -0.101. The van der Waals surface area contributed by atoms with Crippen LogP contribution in [-0.4, -0.2) is 45.9 Å². The van der Waals surface area contributed by atoms with E-state index in [1.54, 1.807) is 6.92 Å². The van der Waals surface area contributed by atoms with Crippen LogP contribution in [0.1, 0.15) is 6.92 Å². The number of benzene rings is 1. The fourth-order valence-corrected chi connectivity index (χ4v) is 2.34. The van der Waals surface area contributed by atoms with E-state index < -0.39 is 16.0 Å². The molecule has 1 aromatic carbocycles. The highest BCUT2D eigenvalue weighted by Crippen LogP contribution is 2.15. The number of rotatable bonds is 8. The molecule has 8 heteroatoms. The third-order valence-electron chi connectivity index (χ3n) is 2.20. The van der Waals surface area contributed by atoms with Gasteiger partial charge in [0, 0.05) is 6.54 Å². The molecule has 20 heavy (non-hydrogen) atoms. The molecule has 0 saturated heterocycles. The van der Waals surface area contributed by atoms with Crippen molar-refractivity contribution in [2.75, 3.05) is 26.4 Å². The predicted molar refractivity (Wildman–Crippen MR) is 70.8 cm³/mol. The zero-order valence-electron chi connectivity index (χ0n) is 11.0. The Morgan fingerprint density at radius 3 is 2.50 bits per heavy atom. The minimum Gasteiger partial charge on any atom is -0.482 e. The number of hydrogen-bond acceptors (Lipinski definition) is 6. The van der Waals surface area contributed by atoms with Crippen molar-refractivity contribution in [2.45, 2.75) is 11.8 Å². The number of aliphatic hydroxyl groups excluding tert-OH is 1. The van der Waals surface area contributed by atoms with Crippen molar-refractivity contribution in [3.8, 4) is 5.75 Å². The van der Waals surface area contributed by atoms with Gasteiger partial charge >= 0.3 is 5.97 Å². The average Bonchev–Trinajstić information content (AvgIpc) is 2.44. The lowest BCUT2D eigenvalue weighted by molar-refractivity contribution is -0.145. The van der Waals surface area contributed by atoms with Crippen LogP contribution in [0.25, 0.3) is 0 Å². The largest absolute Gasteiger partial charge is 0.482 e. The molecule has 0 aromatic heterocycles. The number of sulfonamides is 1. The van der Waals surface area contributed by atoms with Gasteiger partial charge in [-0.25, -0.2) is 17.9 Å². The molecule has 7 nitrogen and oxygen atoms in total. The quantitative estimate of drug-likeness (QED) is 0.650. The fraction of sp³-hybridized carbons (Fsp3) is 0.417. The summed E-state index contributed by atoms with van der Waals surface area (Å²) in [4.78, 5) is 11.1. The van der Waals surface area contributed by atoms with E-state index in [9.17, 15) is 13.2 Å². The third kappa shape index (κ3) is 5.16. The highest BCUT2D eigenvalue weighted by molar-refractivity contribution is 7.89. The van der Waals surface area contributed by atoms with Gasteiger partial charge in [0.15, 0.2) is 6.61 Å². The maximum Gasteiger partial charge on any atom is 0.344 e. The molecule has 112 valence electrons. The monoisotopic (exact) mass is 303 g/mol. The Kier molecular flexibility index (Phi) is 6.43. The van der Waals surface area contributed by atoms with Crippen molar-refractivity contribution in [3.63, 3.8) is 0 Å². The molecule has 0 aliphatic rings. The Morgan fingerprint density at radius 2 is 1.95 bits per heavy atom. The zero-order valence-corrected chi connectivity index (χ0v) is 11.9. The summed E-state index contributed by atoms with van der Waals surface area (Å²) >= 11 is 0. The molecule has 0 spiro atoms. The van der Waals surface area contributed by atoms with Crippen LogP contribution in [0.4, 0.5) is 0 Å². The summed E-state index contributed by atoms with van der Waals surface area (Å²) in [6.45, 7) is 1.40. The van der Waals surface area contributed by atoms with Crippen LogP contribution in [0.3, 0.4) is 0 Å². The van der Waals surface area contributed by atoms with Crippen molar-refractivity contribution in [3.05, 3.63) is 24.3 Å². The van der Waals surface area contributed by atoms with E-state index in [4.69, 9.17) is 14.6 Å². The van der Waals surface area contributed by atoms with E-state index in [-0.39, 0.29) is 31.3 Å². The number of nitrogens with one attached hydrogen (secondary N) is 1. The van der Waals surface area contributed by atoms with Gasteiger partial charge in [-0.2, -0.15) is 0 Å². The van der Waals surface area contributed by atoms with Gasteiger partial charge < -0.3 is 14.6 Å². The van der Waals surface area contributed by atoms with Crippen LogP contribution < -0.4 is 9.46 Å². The normalized spacial score (nSPS) is 11.1. The molecule has 0 fully saturated rings. The summed E-state index contributed by atoms with van der Waals surface area (Å²) in [6.07, 6.45) is 0. The van der Waals surface area contributed by atoms with Gasteiger partial charge in [0.2, 0.25) is 10.0 Å². The second-order valence-corrected chi connectivity index (χ2v) is 5.45.